The third-order valence-corrected chi connectivity index (χ3v) is 5.51. The van der Waals surface area contributed by atoms with Crippen LogP contribution in [-0.2, 0) is 9.59 Å². The quantitative estimate of drug-likeness (QED) is 0.685. The van der Waals surface area contributed by atoms with Gasteiger partial charge in [0.2, 0.25) is 11.8 Å². The van der Waals surface area contributed by atoms with Gasteiger partial charge in [0.25, 0.3) is 5.91 Å². The highest BCUT2D eigenvalue weighted by molar-refractivity contribution is 5.97. The molecule has 0 radical (unpaired) electrons. The van der Waals surface area contributed by atoms with Crippen LogP contribution in [0.25, 0.3) is 0 Å². The molecule has 0 aliphatic carbocycles. The van der Waals surface area contributed by atoms with Crippen LogP contribution >= 0.6 is 0 Å². The number of hydrogen-bond donors (Lipinski definition) is 2. The Morgan fingerprint density at radius 2 is 1.60 bits per heavy atom. The molecule has 0 aromatic heterocycles. The molecule has 166 valence electrons. The molecule has 1 aromatic rings. The number of likely N-dealkylation sites (tertiary alicyclic amines) is 1. The Hall–Kier alpha value is -2.37. The van der Waals surface area contributed by atoms with Gasteiger partial charge in [-0.2, -0.15) is 0 Å². The van der Waals surface area contributed by atoms with E-state index in [2.05, 4.69) is 10.6 Å². The van der Waals surface area contributed by atoms with E-state index in [1.165, 1.54) is 0 Å². The number of carbonyl (C=O) groups is 3. The summed E-state index contributed by atoms with van der Waals surface area (Å²) in [5.41, 5.74) is 1.63. The number of piperidine rings is 1. The van der Waals surface area contributed by atoms with E-state index in [1.807, 2.05) is 51.7 Å². The molecule has 6 heteroatoms. The van der Waals surface area contributed by atoms with Gasteiger partial charge in [-0.05, 0) is 49.7 Å². The first-order valence-electron chi connectivity index (χ1n) is 11.1. The largest absolute Gasteiger partial charge is 0.354 e. The second-order valence-electron chi connectivity index (χ2n) is 9.27. The fourth-order valence-electron chi connectivity index (χ4n) is 3.70. The molecule has 1 saturated heterocycles. The maximum atomic E-state index is 12.9. The van der Waals surface area contributed by atoms with Crippen LogP contribution < -0.4 is 10.6 Å². The van der Waals surface area contributed by atoms with E-state index in [0.29, 0.717) is 56.3 Å². The lowest BCUT2D eigenvalue weighted by molar-refractivity contribution is -0.133. The van der Waals surface area contributed by atoms with Crippen LogP contribution in [0.4, 0.5) is 0 Å². The monoisotopic (exact) mass is 415 g/mol. The minimum atomic E-state index is -0.597. The van der Waals surface area contributed by atoms with Crippen molar-refractivity contribution in [3.05, 3.63) is 35.4 Å². The zero-order valence-electron chi connectivity index (χ0n) is 19.0. The molecule has 1 atom stereocenters. The summed E-state index contributed by atoms with van der Waals surface area (Å²) in [5.74, 6) is 0.466. The van der Waals surface area contributed by atoms with Crippen LogP contribution in [0.1, 0.15) is 62.9 Å². The van der Waals surface area contributed by atoms with Crippen LogP contribution in [0, 0.1) is 24.7 Å². The fourth-order valence-corrected chi connectivity index (χ4v) is 3.70. The molecule has 3 amide bonds. The first-order chi connectivity index (χ1) is 14.2. The van der Waals surface area contributed by atoms with Crippen LogP contribution in [0.5, 0.6) is 0 Å². The molecule has 1 aliphatic heterocycles. The maximum absolute atomic E-state index is 12.9. The number of hydrogen-bond acceptors (Lipinski definition) is 3. The van der Waals surface area contributed by atoms with Gasteiger partial charge < -0.3 is 15.5 Å². The summed E-state index contributed by atoms with van der Waals surface area (Å²) < 4.78 is 0. The number of nitrogens with zero attached hydrogens (tertiary/aromatic N) is 1. The third kappa shape index (κ3) is 7.15. The van der Waals surface area contributed by atoms with Gasteiger partial charge in [-0.3, -0.25) is 14.4 Å². The van der Waals surface area contributed by atoms with E-state index in [9.17, 15) is 14.4 Å². The Balaban J connectivity index is 2.06. The highest BCUT2D eigenvalue weighted by Crippen LogP contribution is 2.23. The summed E-state index contributed by atoms with van der Waals surface area (Å²) >= 11 is 0. The van der Waals surface area contributed by atoms with Crippen molar-refractivity contribution in [2.24, 2.45) is 17.8 Å². The number of aryl methyl sites for hydroxylation is 1. The number of nitrogens with one attached hydrogen (secondary N) is 2. The Labute approximate surface area is 180 Å². The molecule has 1 heterocycles. The fraction of sp³-hybridized carbons (Fsp3) is 0.625. The van der Waals surface area contributed by atoms with Gasteiger partial charge >= 0.3 is 0 Å². The standard InChI is InChI=1S/C24H37N3O3/c1-16(2)14-21(28)27-12-10-19(11-13-27)22(24(30)25-15-17(3)4)26-23(29)20-8-6-18(5)7-9-20/h6-9,16-17,19,22H,10-15H2,1-5H3,(H,25,30)(H,26,29)/t22-/m0/s1. The van der Waals surface area contributed by atoms with E-state index in [-0.39, 0.29) is 23.6 Å². The third-order valence-electron chi connectivity index (χ3n) is 5.51. The first-order valence-corrected chi connectivity index (χ1v) is 11.1. The Morgan fingerprint density at radius 3 is 2.13 bits per heavy atom. The predicted octanol–water partition coefficient (Wildman–Crippen LogP) is 3.15. The Bertz CT molecular complexity index is 720. The first kappa shape index (κ1) is 23.9. The summed E-state index contributed by atoms with van der Waals surface area (Å²) in [6.45, 7) is 12.0. The molecular formula is C24H37N3O3. The van der Waals surface area contributed by atoms with Gasteiger partial charge in [0.05, 0.1) is 0 Å². The van der Waals surface area contributed by atoms with Gasteiger partial charge in [0.15, 0.2) is 0 Å². The molecule has 1 fully saturated rings. The van der Waals surface area contributed by atoms with Crippen LogP contribution in [0.2, 0.25) is 0 Å². The Morgan fingerprint density at radius 1 is 1.00 bits per heavy atom. The maximum Gasteiger partial charge on any atom is 0.251 e. The van der Waals surface area contributed by atoms with Crippen molar-refractivity contribution in [2.75, 3.05) is 19.6 Å². The molecule has 0 spiro atoms. The van der Waals surface area contributed by atoms with Gasteiger partial charge in [0.1, 0.15) is 6.04 Å². The SMILES string of the molecule is Cc1ccc(C(=O)N[C@H](C(=O)NCC(C)C)C2CCN(C(=O)CC(C)C)CC2)cc1. The molecule has 6 nitrogen and oxygen atoms in total. The van der Waals surface area contributed by atoms with Crippen molar-refractivity contribution in [3.63, 3.8) is 0 Å². The lowest BCUT2D eigenvalue weighted by Crippen LogP contribution is -2.54. The van der Waals surface area contributed by atoms with Crippen molar-refractivity contribution in [3.8, 4) is 0 Å². The van der Waals surface area contributed by atoms with Gasteiger partial charge in [-0.15, -0.1) is 0 Å². The minimum absolute atomic E-state index is 0.00895. The molecular weight excluding hydrogens is 378 g/mol. The van der Waals surface area contributed by atoms with Crippen LogP contribution in [0.15, 0.2) is 24.3 Å². The van der Waals surface area contributed by atoms with Crippen molar-refractivity contribution < 1.29 is 14.4 Å². The highest BCUT2D eigenvalue weighted by atomic mass is 16.2. The molecule has 0 bridgehead atoms. The number of amides is 3. The number of carbonyl (C=O) groups excluding carboxylic acids is 3. The topological polar surface area (TPSA) is 78.5 Å². The van der Waals surface area contributed by atoms with Crippen LogP contribution in [-0.4, -0.2) is 48.3 Å². The number of benzene rings is 1. The molecule has 1 aliphatic rings. The van der Waals surface area contributed by atoms with E-state index in [4.69, 9.17) is 0 Å². The van der Waals surface area contributed by atoms with Crippen molar-refractivity contribution in [1.29, 1.82) is 0 Å². The lowest BCUT2D eigenvalue weighted by atomic mass is 9.88. The van der Waals surface area contributed by atoms with E-state index < -0.39 is 6.04 Å². The lowest BCUT2D eigenvalue weighted by Gasteiger charge is -2.36. The average molecular weight is 416 g/mol. The summed E-state index contributed by atoms with van der Waals surface area (Å²) in [7, 11) is 0. The van der Waals surface area contributed by atoms with Gasteiger partial charge in [0, 0.05) is 31.6 Å². The van der Waals surface area contributed by atoms with E-state index in [0.717, 1.165) is 5.56 Å². The summed E-state index contributed by atoms with van der Waals surface area (Å²) in [6, 6.07) is 6.74. The molecule has 30 heavy (non-hydrogen) atoms. The molecule has 2 N–H and O–H groups in total. The molecule has 0 saturated carbocycles. The summed E-state index contributed by atoms with van der Waals surface area (Å²) in [5, 5.41) is 5.94. The van der Waals surface area contributed by atoms with Crippen LogP contribution in [0.3, 0.4) is 0 Å². The van der Waals surface area contributed by atoms with Crippen molar-refractivity contribution in [2.45, 2.75) is 59.9 Å². The van der Waals surface area contributed by atoms with E-state index >= 15 is 0 Å². The van der Waals surface area contributed by atoms with Gasteiger partial charge in [-0.25, -0.2) is 0 Å². The van der Waals surface area contributed by atoms with E-state index in [1.54, 1.807) is 12.1 Å². The number of rotatable bonds is 8. The van der Waals surface area contributed by atoms with Gasteiger partial charge in [-0.1, -0.05) is 45.4 Å². The Kier molecular flexibility index (Phi) is 8.88. The predicted molar refractivity (Wildman–Crippen MR) is 119 cm³/mol. The zero-order valence-corrected chi connectivity index (χ0v) is 19.0. The highest BCUT2D eigenvalue weighted by Gasteiger charge is 2.34. The second kappa shape index (κ2) is 11.1. The summed E-state index contributed by atoms with van der Waals surface area (Å²) in [4.78, 5) is 40.0. The summed E-state index contributed by atoms with van der Waals surface area (Å²) in [6.07, 6.45) is 1.96. The normalized spacial score (nSPS) is 15.9. The minimum Gasteiger partial charge on any atom is -0.354 e. The van der Waals surface area contributed by atoms with Crippen molar-refractivity contribution in [1.82, 2.24) is 15.5 Å². The molecule has 0 unspecified atom stereocenters. The molecule has 2 rings (SSSR count). The molecule has 1 aromatic carbocycles. The second-order valence-corrected chi connectivity index (χ2v) is 9.27. The smallest absolute Gasteiger partial charge is 0.251 e. The van der Waals surface area contributed by atoms with Crippen molar-refractivity contribution >= 4 is 17.7 Å². The zero-order chi connectivity index (χ0) is 22.3. The average Bonchev–Trinajstić information content (AvgIpc) is 2.70.